The van der Waals surface area contributed by atoms with E-state index in [0.29, 0.717) is 17.7 Å². The van der Waals surface area contributed by atoms with Crippen molar-refractivity contribution in [1.29, 1.82) is 0 Å². The van der Waals surface area contributed by atoms with Gasteiger partial charge in [-0.25, -0.2) is 4.39 Å². The molecular formula is C24H22FNO. The summed E-state index contributed by atoms with van der Waals surface area (Å²) >= 11 is 0. The second kappa shape index (κ2) is 9.06. The Morgan fingerprint density at radius 2 is 1.48 bits per heavy atom. The molecule has 0 fully saturated rings. The van der Waals surface area contributed by atoms with Crippen molar-refractivity contribution in [3.63, 3.8) is 0 Å². The Balaban J connectivity index is 1.85. The Morgan fingerprint density at radius 1 is 0.889 bits per heavy atom. The zero-order valence-corrected chi connectivity index (χ0v) is 15.3. The monoisotopic (exact) mass is 359 g/mol. The predicted octanol–water partition coefficient (Wildman–Crippen LogP) is 5.22. The number of nitrogens with zero attached hydrogens (tertiary/aromatic N) is 1. The summed E-state index contributed by atoms with van der Waals surface area (Å²) < 4.78 is 13.2. The summed E-state index contributed by atoms with van der Waals surface area (Å²) in [4.78, 5) is 15.1. The smallest absolute Gasteiger partial charge is 0.190 e. The number of halogens is 1. The van der Waals surface area contributed by atoms with Gasteiger partial charge in [0.2, 0.25) is 0 Å². The fraction of sp³-hybridized carbons (Fsp3) is 0.125. The lowest BCUT2D eigenvalue weighted by molar-refractivity contribution is 0.102. The van der Waals surface area contributed by atoms with Crippen LogP contribution in [0.1, 0.15) is 21.5 Å². The van der Waals surface area contributed by atoms with Gasteiger partial charge < -0.3 is 0 Å². The number of rotatable bonds is 7. The van der Waals surface area contributed by atoms with Gasteiger partial charge in [0.25, 0.3) is 0 Å². The summed E-state index contributed by atoms with van der Waals surface area (Å²) in [6.07, 6.45) is 1.84. The van der Waals surface area contributed by atoms with Gasteiger partial charge in [0, 0.05) is 24.2 Å². The van der Waals surface area contributed by atoms with Crippen LogP contribution in [0, 0.1) is 5.82 Å². The molecule has 0 radical (unpaired) electrons. The maximum Gasteiger partial charge on any atom is 0.190 e. The molecule has 0 N–H and O–H groups in total. The highest BCUT2D eigenvalue weighted by atomic mass is 19.1. The van der Waals surface area contributed by atoms with E-state index in [4.69, 9.17) is 0 Å². The van der Waals surface area contributed by atoms with Crippen LogP contribution in [0.2, 0.25) is 0 Å². The van der Waals surface area contributed by atoms with E-state index < -0.39 is 0 Å². The highest BCUT2D eigenvalue weighted by Crippen LogP contribution is 2.16. The first kappa shape index (κ1) is 18.7. The molecule has 27 heavy (non-hydrogen) atoms. The van der Waals surface area contributed by atoms with Crippen molar-refractivity contribution in [3.8, 4) is 0 Å². The number of carbonyl (C=O) groups excluding carboxylic acids is 1. The molecule has 0 saturated heterocycles. The number of likely N-dealkylation sites (N-methyl/N-ethyl adjacent to an activating group) is 1. The molecule has 0 atom stereocenters. The van der Waals surface area contributed by atoms with Crippen molar-refractivity contribution in [2.24, 2.45) is 0 Å². The summed E-state index contributed by atoms with van der Waals surface area (Å²) in [5, 5.41) is 0. The highest BCUT2D eigenvalue weighted by Gasteiger charge is 2.14. The van der Waals surface area contributed by atoms with Gasteiger partial charge in [-0.05, 0) is 36.4 Å². The van der Waals surface area contributed by atoms with Crippen molar-refractivity contribution in [2.45, 2.75) is 6.54 Å². The Morgan fingerprint density at radius 3 is 2.11 bits per heavy atom. The van der Waals surface area contributed by atoms with Crippen LogP contribution in [0.25, 0.3) is 6.08 Å². The summed E-state index contributed by atoms with van der Waals surface area (Å²) in [6.45, 7) is 1.24. The van der Waals surface area contributed by atoms with Crippen molar-refractivity contribution in [3.05, 3.63) is 113 Å². The van der Waals surface area contributed by atoms with Gasteiger partial charge in [-0.1, -0.05) is 72.8 Å². The van der Waals surface area contributed by atoms with Crippen LogP contribution < -0.4 is 0 Å². The molecule has 0 spiro atoms. The van der Waals surface area contributed by atoms with Crippen molar-refractivity contribution < 1.29 is 9.18 Å². The number of carbonyl (C=O) groups is 1. The molecule has 0 unspecified atom stereocenters. The van der Waals surface area contributed by atoms with Gasteiger partial charge in [-0.2, -0.15) is 0 Å². The van der Waals surface area contributed by atoms with Gasteiger partial charge in [0.05, 0.1) is 0 Å². The van der Waals surface area contributed by atoms with E-state index >= 15 is 0 Å². The normalized spacial score (nSPS) is 11.6. The lowest BCUT2D eigenvalue weighted by Gasteiger charge is -2.19. The molecule has 0 aromatic heterocycles. The molecule has 3 aromatic carbocycles. The molecule has 0 aliphatic heterocycles. The minimum atomic E-state index is -0.288. The molecule has 0 aliphatic rings. The first-order chi connectivity index (χ1) is 13.1. The maximum atomic E-state index is 13.2. The van der Waals surface area contributed by atoms with Gasteiger partial charge >= 0.3 is 0 Å². The number of hydrogen-bond donors (Lipinski definition) is 0. The Bertz CT molecular complexity index is 902. The molecule has 136 valence electrons. The van der Waals surface area contributed by atoms with E-state index in [1.165, 1.54) is 17.7 Å². The summed E-state index contributed by atoms with van der Waals surface area (Å²) in [5.74, 6) is -0.302. The standard InChI is InChI=1S/C24H22FNO/c1-26(17-20-8-4-2-5-9-20)18-22(16-19-12-14-23(25)15-13-19)24(27)21-10-6-3-7-11-21/h2-16H,17-18H2,1H3/b22-16+. The molecular weight excluding hydrogens is 337 g/mol. The van der Waals surface area contributed by atoms with Crippen molar-refractivity contribution in [2.75, 3.05) is 13.6 Å². The fourth-order valence-corrected chi connectivity index (χ4v) is 2.96. The molecule has 0 bridgehead atoms. The Hall–Kier alpha value is -3.04. The van der Waals surface area contributed by atoms with E-state index in [2.05, 4.69) is 17.0 Å². The molecule has 3 heteroatoms. The topological polar surface area (TPSA) is 20.3 Å². The van der Waals surface area contributed by atoms with E-state index in [9.17, 15) is 9.18 Å². The maximum absolute atomic E-state index is 13.2. The van der Waals surface area contributed by atoms with Crippen LogP contribution in [0.5, 0.6) is 0 Å². The zero-order chi connectivity index (χ0) is 19.1. The van der Waals surface area contributed by atoms with Gasteiger partial charge in [0.15, 0.2) is 5.78 Å². The van der Waals surface area contributed by atoms with Gasteiger partial charge in [-0.15, -0.1) is 0 Å². The van der Waals surface area contributed by atoms with Crippen LogP contribution in [0.4, 0.5) is 4.39 Å². The molecule has 0 amide bonds. The second-order valence-electron chi connectivity index (χ2n) is 6.57. The fourth-order valence-electron chi connectivity index (χ4n) is 2.96. The number of Topliss-reactive ketones (excluding diaryl/α,β-unsaturated/α-hetero) is 1. The predicted molar refractivity (Wildman–Crippen MR) is 108 cm³/mol. The third-order valence-corrected chi connectivity index (χ3v) is 4.27. The van der Waals surface area contributed by atoms with Crippen LogP contribution in [-0.2, 0) is 6.54 Å². The highest BCUT2D eigenvalue weighted by molar-refractivity contribution is 6.11. The largest absolute Gasteiger partial charge is 0.298 e. The van der Waals surface area contributed by atoms with Crippen molar-refractivity contribution in [1.82, 2.24) is 4.90 Å². The third kappa shape index (κ3) is 5.47. The molecule has 0 heterocycles. The average molecular weight is 359 g/mol. The van der Waals surface area contributed by atoms with Crippen LogP contribution in [-0.4, -0.2) is 24.3 Å². The summed E-state index contributed by atoms with van der Waals surface area (Å²) in [6, 6.07) is 25.6. The van der Waals surface area contributed by atoms with E-state index in [0.717, 1.165) is 12.1 Å². The quantitative estimate of drug-likeness (QED) is 0.426. The van der Waals surface area contributed by atoms with E-state index in [1.807, 2.05) is 61.7 Å². The van der Waals surface area contributed by atoms with Crippen LogP contribution >= 0.6 is 0 Å². The lowest BCUT2D eigenvalue weighted by atomic mass is 10.00. The average Bonchev–Trinajstić information content (AvgIpc) is 2.70. The van der Waals surface area contributed by atoms with Crippen LogP contribution in [0.3, 0.4) is 0 Å². The molecule has 0 saturated carbocycles. The minimum Gasteiger partial charge on any atom is -0.298 e. The number of hydrogen-bond acceptors (Lipinski definition) is 2. The number of benzene rings is 3. The van der Waals surface area contributed by atoms with Crippen LogP contribution in [0.15, 0.2) is 90.5 Å². The molecule has 0 aliphatic carbocycles. The van der Waals surface area contributed by atoms with Gasteiger partial charge in [0.1, 0.15) is 5.82 Å². The SMILES string of the molecule is CN(C/C(=C\c1ccc(F)cc1)C(=O)c1ccccc1)Cc1ccccc1. The Kier molecular flexibility index (Phi) is 6.29. The molecule has 3 rings (SSSR count). The Labute approximate surface area is 159 Å². The zero-order valence-electron chi connectivity index (χ0n) is 15.3. The van der Waals surface area contributed by atoms with Gasteiger partial charge in [-0.3, -0.25) is 9.69 Å². The summed E-state index contributed by atoms with van der Waals surface area (Å²) in [5.41, 5.74) is 3.32. The van der Waals surface area contributed by atoms with Crippen molar-refractivity contribution >= 4 is 11.9 Å². The summed E-state index contributed by atoms with van der Waals surface area (Å²) in [7, 11) is 1.99. The van der Waals surface area contributed by atoms with E-state index in [-0.39, 0.29) is 11.6 Å². The van der Waals surface area contributed by atoms with E-state index in [1.54, 1.807) is 12.1 Å². The third-order valence-electron chi connectivity index (χ3n) is 4.27. The number of ketones is 1. The second-order valence-corrected chi connectivity index (χ2v) is 6.57. The minimum absolute atomic E-state index is 0.0140. The molecule has 3 aromatic rings. The molecule has 2 nitrogen and oxygen atoms in total. The first-order valence-electron chi connectivity index (χ1n) is 8.90. The first-order valence-corrected chi connectivity index (χ1v) is 8.90. The lowest BCUT2D eigenvalue weighted by Crippen LogP contribution is -2.24.